The van der Waals surface area contributed by atoms with Crippen molar-refractivity contribution in [2.45, 2.75) is 51.4 Å². The third kappa shape index (κ3) is 6.71. The van der Waals surface area contributed by atoms with Gasteiger partial charge in [-0.1, -0.05) is 12.1 Å². The van der Waals surface area contributed by atoms with Gasteiger partial charge in [-0.2, -0.15) is 0 Å². The second kappa shape index (κ2) is 12.6. The van der Waals surface area contributed by atoms with Crippen LogP contribution in [0.2, 0.25) is 0 Å². The first-order chi connectivity index (χ1) is 15.2. The smallest absolute Gasteiger partial charge is 0.321 e. The molecule has 2 unspecified atom stereocenters. The number of amides is 2. The fourth-order valence-corrected chi connectivity index (χ4v) is 4.45. The standard InChI is InChI=1S/C23H35N5O3.HI/c1-2-24-22(28-12-14-31-21(17-28)20-9-6-13-30-20)25-16-18-7-5-8-19(15-18)26-23(29)27-10-3-4-11-27;/h5,7-8,15,20-21H,2-4,6,9-14,16-17H2,1H3,(H,24,25)(H,26,29);1H. The van der Waals surface area contributed by atoms with Crippen LogP contribution < -0.4 is 10.6 Å². The van der Waals surface area contributed by atoms with Crippen LogP contribution >= 0.6 is 24.0 Å². The number of hydrogen-bond donors (Lipinski definition) is 2. The van der Waals surface area contributed by atoms with E-state index in [0.717, 1.165) is 82.2 Å². The highest BCUT2D eigenvalue weighted by Crippen LogP contribution is 2.21. The molecule has 2 N–H and O–H groups in total. The molecule has 3 aliphatic rings. The minimum atomic E-state index is -0.0139. The van der Waals surface area contributed by atoms with Crippen LogP contribution in [0.15, 0.2) is 29.3 Å². The number of nitrogens with zero attached hydrogens (tertiary/aromatic N) is 3. The first kappa shape index (κ1) is 25.0. The maximum Gasteiger partial charge on any atom is 0.321 e. The molecule has 0 aromatic heterocycles. The molecular weight excluding hydrogens is 521 g/mol. The number of nitrogens with one attached hydrogen (secondary N) is 2. The van der Waals surface area contributed by atoms with Gasteiger partial charge in [0.1, 0.15) is 6.10 Å². The van der Waals surface area contributed by atoms with Crippen molar-refractivity contribution in [1.29, 1.82) is 0 Å². The second-order valence-electron chi connectivity index (χ2n) is 8.40. The Labute approximate surface area is 208 Å². The van der Waals surface area contributed by atoms with E-state index in [9.17, 15) is 4.79 Å². The lowest BCUT2D eigenvalue weighted by molar-refractivity contribution is -0.0817. The predicted molar refractivity (Wildman–Crippen MR) is 137 cm³/mol. The summed E-state index contributed by atoms with van der Waals surface area (Å²) in [6.45, 7) is 8.27. The van der Waals surface area contributed by atoms with E-state index < -0.39 is 0 Å². The van der Waals surface area contributed by atoms with Crippen LogP contribution in [0.1, 0.15) is 38.2 Å². The van der Waals surface area contributed by atoms with Gasteiger partial charge in [0.05, 0.1) is 19.3 Å². The van der Waals surface area contributed by atoms with E-state index in [2.05, 4.69) is 22.5 Å². The molecule has 3 heterocycles. The zero-order chi connectivity index (χ0) is 21.5. The van der Waals surface area contributed by atoms with Gasteiger partial charge in [0.2, 0.25) is 0 Å². The molecule has 3 aliphatic heterocycles. The summed E-state index contributed by atoms with van der Waals surface area (Å²) in [5, 5.41) is 6.44. The molecule has 3 fully saturated rings. The molecule has 32 heavy (non-hydrogen) atoms. The summed E-state index contributed by atoms with van der Waals surface area (Å²) >= 11 is 0. The summed E-state index contributed by atoms with van der Waals surface area (Å²) in [6, 6.07) is 7.95. The Balaban J connectivity index is 0.00000289. The van der Waals surface area contributed by atoms with Crippen molar-refractivity contribution >= 4 is 41.7 Å². The average molecular weight is 557 g/mol. The van der Waals surface area contributed by atoms with Gasteiger partial charge >= 0.3 is 6.03 Å². The predicted octanol–water partition coefficient (Wildman–Crippen LogP) is 3.28. The number of rotatable bonds is 5. The molecule has 9 heteroatoms. The molecule has 0 aliphatic carbocycles. The summed E-state index contributed by atoms with van der Waals surface area (Å²) < 4.78 is 11.8. The van der Waals surface area contributed by atoms with E-state index in [0.29, 0.717) is 13.2 Å². The van der Waals surface area contributed by atoms with E-state index in [1.807, 2.05) is 29.2 Å². The highest BCUT2D eigenvalue weighted by atomic mass is 127. The topological polar surface area (TPSA) is 78.4 Å². The lowest BCUT2D eigenvalue weighted by Gasteiger charge is -2.37. The van der Waals surface area contributed by atoms with Crippen molar-refractivity contribution in [2.24, 2.45) is 4.99 Å². The van der Waals surface area contributed by atoms with Gasteiger partial charge < -0.3 is 29.9 Å². The third-order valence-corrected chi connectivity index (χ3v) is 6.09. The monoisotopic (exact) mass is 557 g/mol. The van der Waals surface area contributed by atoms with Crippen LogP contribution in [-0.2, 0) is 16.0 Å². The minimum absolute atomic E-state index is 0. The van der Waals surface area contributed by atoms with Gasteiger partial charge in [0.25, 0.3) is 0 Å². The highest BCUT2D eigenvalue weighted by Gasteiger charge is 2.32. The Morgan fingerprint density at radius 3 is 2.66 bits per heavy atom. The molecule has 0 saturated carbocycles. The summed E-state index contributed by atoms with van der Waals surface area (Å²) in [5.74, 6) is 0.903. The van der Waals surface area contributed by atoms with E-state index >= 15 is 0 Å². The molecule has 4 rings (SSSR count). The third-order valence-electron chi connectivity index (χ3n) is 6.09. The lowest BCUT2D eigenvalue weighted by atomic mass is 10.1. The zero-order valence-electron chi connectivity index (χ0n) is 18.9. The average Bonchev–Trinajstić information content (AvgIpc) is 3.52. The molecule has 1 aromatic rings. The number of urea groups is 1. The number of aliphatic imine (C=N–C) groups is 1. The van der Waals surface area contributed by atoms with Crippen LogP contribution in [0, 0.1) is 0 Å². The first-order valence-electron chi connectivity index (χ1n) is 11.6. The van der Waals surface area contributed by atoms with Crippen molar-refractivity contribution in [3.05, 3.63) is 29.8 Å². The van der Waals surface area contributed by atoms with Crippen LogP contribution in [0.25, 0.3) is 0 Å². The van der Waals surface area contributed by atoms with Gasteiger partial charge in [0, 0.05) is 45.0 Å². The summed E-state index contributed by atoms with van der Waals surface area (Å²) in [7, 11) is 0. The van der Waals surface area contributed by atoms with Gasteiger partial charge in [-0.15, -0.1) is 24.0 Å². The van der Waals surface area contributed by atoms with Crippen LogP contribution in [0.3, 0.4) is 0 Å². The fraction of sp³-hybridized carbons (Fsp3) is 0.652. The normalized spacial score (nSPS) is 23.7. The Morgan fingerprint density at radius 2 is 1.91 bits per heavy atom. The molecule has 0 spiro atoms. The molecular formula is C23H36IN5O3. The van der Waals surface area contributed by atoms with Gasteiger partial charge in [-0.25, -0.2) is 9.79 Å². The molecule has 1 aromatic carbocycles. The molecule has 0 bridgehead atoms. The number of benzene rings is 1. The van der Waals surface area contributed by atoms with E-state index in [1.54, 1.807) is 0 Å². The Morgan fingerprint density at radius 1 is 1.09 bits per heavy atom. The molecule has 178 valence electrons. The van der Waals surface area contributed by atoms with Crippen molar-refractivity contribution in [3.63, 3.8) is 0 Å². The number of halogens is 1. The Hall–Kier alpha value is -1.59. The van der Waals surface area contributed by atoms with E-state index in [4.69, 9.17) is 14.5 Å². The molecule has 8 nitrogen and oxygen atoms in total. The van der Waals surface area contributed by atoms with E-state index in [-0.39, 0.29) is 42.2 Å². The number of anilines is 1. The van der Waals surface area contributed by atoms with Gasteiger partial charge in [-0.3, -0.25) is 0 Å². The lowest BCUT2D eigenvalue weighted by Crippen LogP contribution is -2.53. The van der Waals surface area contributed by atoms with Crippen LogP contribution in [-0.4, -0.2) is 79.9 Å². The number of guanidine groups is 1. The summed E-state index contributed by atoms with van der Waals surface area (Å²) in [6.07, 6.45) is 4.66. The van der Waals surface area contributed by atoms with Crippen molar-refractivity contribution in [1.82, 2.24) is 15.1 Å². The largest absolute Gasteiger partial charge is 0.375 e. The first-order valence-corrected chi connectivity index (χ1v) is 11.6. The van der Waals surface area contributed by atoms with Crippen LogP contribution in [0.4, 0.5) is 10.5 Å². The zero-order valence-corrected chi connectivity index (χ0v) is 21.3. The summed E-state index contributed by atoms with van der Waals surface area (Å²) in [5.41, 5.74) is 1.89. The quantitative estimate of drug-likeness (QED) is 0.330. The number of morpholine rings is 1. The number of ether oxygens (including phenoxy) is 2. The number of likely N-dealkylation sites (tertiary alicyclic amines) is 1. The fourth-order valence-electron chi connectivity index (χ4n) is 4.45. The molecule has 2 amide bonds. The second-order valence-corrected chi connectivity index (χ2v) is 8.40. The number of carbonyl (C=O) groups excluding carboxylic acids is 1. The number of carbonyl (C=O) groups is 1. The molecule has 0 radical (unpaired) electrons. The molecule has 2 atom stereocenters. The Bertz CT molecular complexity index is 766. The van der Waals surface area contributed by atoms with Crippen LogP contribution in [0.5, 0.6) is 0 Å². The maximum atomic E-state index is 12.4. The van der Waals surface area contributed by atoms with Crippen molar-refractivity contribution in [3.8, 4) is 0 Å². The van der Waals surface area contributed by atoms with Crippen molar-refractivity contribution in [2.75, 3.05) is 51.3 Å². The van der Waals surface area contributed by atoms with Crippen molar-refractivity contribution < 1.29 is 14.3 Å². The van der Waals surface area contributed by atoms with Gasteiger partial charge in [0.15, 0.2) is 5.96 Å². The Kier molecular flexibility index (Phi) is 9.86. The minimum Gasteiger partial charge on any atom is -0.375 e. The molecule has 3 saturated heterocycles. The SMILES string of the molecule is CCNC(=NCc1cccc(NC(=O)N2CCCC2)c1)N1CCOC(C2CCCO2)C1.I. The summed E-state index contributed by atoms with van der Waals surface area (Å²) in [4.78, 5) is 21.4. The maximum absolute atomic E-state index is 12.4. The van der Waals surface area contributed by atoms with Gasteiger partial charge in [-0.05, 0) is 50.3 Å². The number of hydrogen-bond acceptors (Lipinski definition) is 4. The van der Waals surface area contributed by atoms with E-state index in [1.165, 1.54) is 0 Å². The highest BCUT2D eigenvalue weighted by molar-refractivity contribution is 14.0.